The molecule has 0 unspecified atom stereocenters. The first kappa shape index (κ1) is 37.4. The molecule has 0 bridgehead atoms. The van der Waals surface area contributed by atoms with Crippen LogP contribution in [0.2, 0.25) is 0 Å². The van der Waals surface area contributed by atoms with Gasteiger partial charge in [0.25, 0.3) is 5.91 Å². The zero-order valence-electron chi connectivity index (χ0n) is 27.5. The fraction of sp³-hybridized carbons (Fsp3) is 0.727. The highest BCUT2D eigenvalue weighted by Gasteiger charge is 2.32. The van der Waals surface area contributed by atoms with E-state index in [0.717, 1.165) is 38.5 Å². The van der Waals surface area contributed by atoms with Gasteiger partial charge in [0.2, 0.25) is 5.91 Å². The normalized spacial score (nSPS) is 23.0. The van der Waals surface area contributed by atoms with Gasteiger partial charge in [0, 0.05) is 50.8 Å². The van der Waals surface area contributed by atoms with E-state index in [-0.39, 0.29) is 49.4 Å². The van der Waals surface area contributed by atoms with Crippen LogP contribution in [0.1, 0.15) is 95.3 Å². The molecule has 1 fully saturated rings. The van der Waals surface area contributed by atoms with Gasteiger partial charge < -0.3 is 35.0 Å². The van der Waals surface area contributed by atoms with Crippen LogP contribution in [-0.2, 0) is 9.53 Å². The number of carbonyl (C=O) groups excluding carboxylic acids is 3. The number of nitrogens with zero attached hydrogens (tertiary/aromatic N) is 2. The number of likely N-dealkylation sites (N-methyl/N-ethyl adjacent to an activating group) is 1. The summed E-state index contributed by atoms with van der Waals surface area (Å²) in [5.74, 6) is -1.06. The number of halogens is 3. The molecule has 1 aliphatic heterocycles. The second-order valence-electron chi connectivity index (χ2n) is 12.8. The van der Waals surface area contributed by atoms with Gasteiger partial charge in [-0.3, -0.25) is 9.59 Å². The van der Waals surface area contributed by atoms with E-state index < -0.39 is 43.0 Å². The first-order chi connectivity index (χ1) is 21.8. The van der Waals surface area contributed by atoms with Crippen LogP contribution < -0.4 is 15.4 Å². The van der Waals surface area contributed by atoms with Gasteiger partial charge in [-0.2, -0.15) is 13.2 Å². The van der Waals surface area contributed by atoms with Gasteiger partial charge >= 0.3 is 12.2 Å². The highest BCUT2D eigenvalue weighted by molar-refractivity contribution is 5.99. The van der Waals surface area contributed by atoms with E-state index in [1.54, 1.807) is 25.1 Å². The molecular weight excluding hydrogens is 605 g/mol. The molecule has 3 rings (SSSR count). The van der Waals surface area contributed by atoms with Crippen molar-refractivity contribution in [1.29, 1.82) is 0 Å². The van der Waals surface area contributed by atoms with Crippen LogP contribution in [0.15, 0.2) is 18.2 Å². The smallest absolute Gasteiger partial charge is 0.389 e. The van der Waals surface area contributed by atoms with Crippen molar-refractivity contribution in [1.82, 2.24) is 15.1 Å². The summed E-state index contributed by atoms with van der Waals surface area (Å²) in [6, 6.07) is 4.10. The summed E-state index contributed by atoms with van der Waals surface area (Å²) in [7, 11) is 1.45. The lowest BCUT2D eigenvalue weighted by atomic mass is 9.96. The maximum Gasteiger partial charge on any atom is 0.389 e. The molecule has 10 nitrogen and oxygen atoms in total. The lowest BCUT2D eigenvalue weighted by Crippen LogP contribution is -2.48. The molecule has 1 heterocycles. The van der Waals surface area contributed by atoms with Gasteiger partial charge in [0.15, 0.2) is 0 Å². The molecule has 0 spiro atoms. The maximum atomic E-state index is 14.2. The average molecular weight is 657 g/mol. The molecule has 4 atom stereocenters. The number of hydrogen-bond acceptors (Lipinski definition) is 6. The topological polar surface area (TPSA) is 120 Å². The summed E-state index contributed by atoms with van der Waals surface area (Å²) in [5, 5.41) is 16.0. The Kier molecular flexibility index (Phi) is 14.4. The highest BCUT2D eigenvalue weighted by Crippen LogP contribution is 2.29. The van der Waals surface area contributed by atoms with Crippen LogP contribution in [-0.4, -0.2) is 96.6 Å². The standard InChI is InChI=1S/C33H51F3N4O6/c1-22-19-40(23(2)21-41)31(43)27-18-26(38-32(44)37-25-11-6-5-7-12-25)13-14-28(27)46-24(3)10-8-9-17-45-29(22)20-39(4)30(42)15-16-33(34,35)36/h13-14,18,22-25,29,41H,5-12,15-17,19-21H2,1-4H3,(H2,37,38,44)/t22-,23-,24-,29+/m0/s1. The Labute approximate surface area is 270 Å². The van der Waals surface area contributed by atoms with Crippen molar-refractivity contribution in [2.75, 3.05) is 38.7 Å². The maximum absolute atomic E-state index is 14.2. The summed E-state index contributed by atoms with van der Waals surface area (Å²) >= 11 is 0. The number of amides is 4. The third-order valence-electron chi connectivity index (χ3n) is 8.75. The summed E-state index contributed by atoms with van der Waals surface area (Å²) < 4.78 is 50.6. The predicted molar refractivity (Wildman–Crippen MR) is 169 cm³/mol. The second-order valence-corrected chi connectivity index (χ2v) is 12.8. The first-order valence-electron chi connectivity index (χ1n) is 16.5. The van der Waals surface area contributed by atoms with Crippen LogP contribution in [0.25, 0.3) is 0 Å². The number of rotatable bonds is 8. The van der Waals surface area contributed by atoms with Gasteiger partial charge in [-0.25, -0.2) is 4.79 Å². The van der Waals surface area contributed by atoms with Gasteiger partial charge in [-0.1, -0.05) is 26.2 Å². The number of aliphatic hydroxyl groups excluding tert-OH is 1. The second kappa shape index (κ2) is 17.7. The molecule has 0 saturated heterocycles. The Hall–Kier alpha value is -3.06. The molecule has 1 saturated carbocycles. The third kappa shape index (κ3) is 11.9. The number of benzene rings is 1. The summed E-state index contributed by atoms with van der Waals surface area (Å²) in [6.45, 7) is 5.68. The van der Waals surface area contributed by atoms with Crippen LogP contribution in [0.5, 0.6) is 5.75 Å². The van der Waals surface area contributed by atoms with E-state index in [9.17, 15) is 32.7 Å². The fourth-order valence-electron chi connectivity index (χ4n) is 5.87. The molecule has 13 heteroatoms. The number of aliphatic hydroxyl groups is 1. The molecule has 0 radical (unpaired) electrons. The Morgan fingerprint density at radius 3 is 2.48 bits per heavy atom. The molecule has 3 N–H and O–H groups in total. The average Bonchev–Trinajstić information content (AvgIpc) is 3.01. The van der Waals surface area contributed by atoms with E-state index in [0.29, 0.717) is 30.9 Å². The molecular formula is C33H51F3N4O6. The fourth-order valence-corrected chi connectivity index (χ4v) is 5.87. The third-order valence-corrected chi connectivity index (χ3v) is 8.75. The summed E-state index contributed by atoms with van der Waals surface area (Å²) in [6.07, 6.45) is 0.193. The lowest BCUT2D eigenvalue weighted by Gasteiger charge is -2.36. The van der Waals surface area contributed by atoms with Crippen LogP contribution in [0.3, 0.4) is 0 Å². The van der Waals surface area contributed by atoms with E-state index >= 15 is 0 Å². The van der Waals surface area contributed by atoms with Crippen molar-refractivity contribution >= 4 is 23.5 Å². The van der Waals surface area contributed by atoms with Crippen molar-refractivity contribution in [3.05, 3.63) is 23.8 Å². The molecule has 1 aromatic carbocycles. The van der Waals surface area contributed by atoms with E-state index in [1.807, 2.05) is 13.8 Å². The van der Waals surface area contributed by atoms with Crippen molar-refractivity contribution in [3.8, 4) is 5.75 Å². The Bertz CT molecular complexity index is 1150. The predicted octanol–water partition coefficient (Wildman–Crippen LogP) is 5.74. The largest absolute Gasteiger partial charge is 0.490 e. The molecule has 0 aromatic heterocycles. The van der Waals surface area contributed by atoms with Crippen molar-refractivity contribution in [2.45, 2.75) is 115 Å². The lowest BCUT2D eigenvalue weighted by molar-refractivity contribution is -0.149. The van der Waals surface area contributed by atoms with E-state index in [1.165, 1.54) is 16.8 Å². The Morgan fingerprint density at radius 1 is 1.11 bits per heavy atom. The summed E-state index contributed by atoms with van der Waals surface area (Å²) in [5.41, 5.74) is 0.645. The molecule has 260 valence electrons. The number of ether oxygens (including phenoxy) is 2. The van der Waals surface area contributed by atoms with Crippen molar-refractivity contribution in [3.63, 3.8) is 0 Å². The number of anilines is 1. The quantitative estimate of drug-likeness (QED) is 0.329. The monoisotopic (exact) mass is 656 g/mol. The Morgan fingerprint density at radius 2 is 1.80 bits per heavy atom. The van der Waals surface area contributed by atoms with Gasteiger partial charge in [-0.05, 0) is 64.2 Å². The molecule has 1 aromatic rings. The van der Waals surface area contributed by atoms with E-state index in [2.05, 4.69) is 10.6 Å². The van der Waals surface area contributed by atoms with Crippen LogP contribution in [0, 0.1) is 5.92 Å². The number of carbonyl (C=O) groups is 3. The van der Waals surface area contributed by atoms with Gasteiger partial charge in [0.05, 0.1) is 36.8 Å². The van der Waals surface area contributed by atoms with Gasteiger partial charge in [0.1, 0.15) is 5.75 Å². The Balaban J connectivity index is 1.86. The van der Waals surface area contributed by atoms with Crippen LogP contribution in [0.4, 0.5) is 23.7 Å². The minimum absolute atomic E-state index is 0.0493. The number of alkyl halides is 3. The highest BCUT2D eigenvalue weighted by atomic mass is 19.4. The van der Waals surface area contributed by atoms with E-state index in [4.69, 9.17) is 9.47 Å². The number of fused-ring (bicyclic) bond motifs is 1. The number of nitrogens with one attached hydrogen (secondary N) is 2. The molecule has 1 aliphatic carbocycles. The molecule has 46 heavy (non-hydrogen) atoms. The van der Waals surface area contributed by atoms with Gasteiger partial charge in [-0.15, -0.1) is 0 Å². The SMILES string of the molecule is C[C@H]1CCCCO[C@H](CN(C)C(=O)CCC(F)(F)F)[C@@H](C)CN([C@@H](C)CO)C(=O)c2cc(NC(=O)NC3CCCCC3)ccc2O1. The zero-order chi connectivity index (χ0) is 33.9. The molecule has 2 aliphatic rings. The first-order valence-corrected chi connectivity index (χ1v) is 16.5. The minimum Gasteiger partial charge on any atom is -0.490 e. The van der Waals surface area contributed by atoms with Crippen molar-refractivity contribution < 1.29 is 42.1 Å². The zero-order valence-corrected chi connectivity index (χ0v) is 27.5. The minimum atomic E-state index is -4.43. The number of urea groups is 1. The van der Waals surface area contributed by atoms with Crippen LogP contribution >= 0.6 is 0 Å². The summed E-state index contributed by atoms with van der Waals surface area (Å²) in [4.78, 5) is 42.3. The number of hydrogen-bond donors (Lipinski definition) is 3. The van der Waals surface area contributed by atoms with Crippen molar-refractivity contribution in [2.24, 2.45) is 5.92 Å². The molecule has 4 amide bonds.